The first kappa shape index (κ1) is 24.1. The highest BCUT2D eigenvalue weighted by molar-refractivity contribution is 6.02. The minimum atomic E-state index is -2.74. The van der Waals surface area contributed by atoms with E-state index in [1.54, 1.807) is 29.1 Å². The SMILES string of the molecule is [2H]C([2H])([2H])Oc1cc(N2CCOCC2)c(NC(=O)C=C)cc1Nc1nccc(-n2cc(CN(C)C)c(-c3ccccc3)n2)n1. The molecule has 0 aliphatic carbocycles. The Kier molecular flexibility index (Phi) is 7.42. The molecule has 11 nitrogen and oxygen atoms in total. The number of nitrogens with zero attached hydrogens (tertiary/aromatic N) is 6. The number of rotatable bonds is 10. The number of hydrogen-bond acceptors (Lipinski definition) is 9. The van der Waals surface area contributed by atoms with Crippen molar-refractivity contribution in [1.82, 2.24) is 24.6 Å². The van der Waals surface area contributed by atoms with Gasteiger partial charge in [-0.25, -0.2) is 9.67 Å². The third-order valence-corrected chi connectivity index (χ3v) is 6.45. The van der Waals surface area contributed by atoms with Crippen LogP contribution in [0, 0.1) is 0 Å². The number of hydrogen-bond donors (Lipinski definition) is 2. The predicted octanol–water partition coefficient (Wildman–Crippen LogP) is 4.10. The number of amides is 1. The van der Waals surface area contributed by atoms with Gasteiger partial charge in [-0.15, -0.1) is 0 Å². The highest BCUT2D eigenvalue weighted by atomic mass is 16.5. The van der Waals surface area contributed by atoms with Crippen LogP contribution in [0.4, 0.5) is 23.0 Å². The van der Waals surface area contributed by atoms with Crippen molar-refractivity contribution >= 4 is 28.9 Å². The highest BCUT2D eigenvalue weighted by Crippen LogP contribution is 2.38. The van der Waals surface area contributed by atoms with Crippen molar-refractivity contribution in [2.24, 2.45) is 0 Å². The molecular formula is C30H34N8O3. The Morgan fingerprint density at radius 2 is 2.00 bits per heavy atom. The van der Waals surface area contributed by atoms with Gasteiger partial charge in [-0.3, -0.25) is 4.79 Å². The second-order valence-electron chi connectivity index (χ2n) is 9.68. The van der Waals surface area contributed by atoms with E-state index in [4.69, 9.17) is 18.7 Å². The number of nitrogens with one attached hydrogen (secondary N) is 2. The van der Waals surface area contributed by atoms with Crippen LogP contribution in [0.15, 0.2) is 73.6 Å². The van der Waals surface area contributed by atoms with E-state index >= 15 is 0 Å². The number of carbonyl (C=O) groups is 1. The summed E-state index contributed by atoms with van der Waals surface area (Å²) in [6.07, 6.45) is 4.67. The van der Waals surface area contributed by atoms with Crippen molar-refractivity contribution in [3.05, 3.63) is 79.1 Å². The molecular weight excluding hydrogens is 520 g/mol. The summed E-state index contributed by atoms with van der Waals surface area (Å²) >= 11 is 0. The fourth-order valence-corrected chi connectivity index (χ4v) is 4.58. The van der Waals surface area contributed by atoms with Gasteiger partial charge in [0.25, 0.3) is 0 Å². The summed E-state index contributed by atoms with van der Waals surface area (Å²) < 4.78 is 35.9. The first-order chi connectivity index (χ1) is 21.1. The fraction of sp³-hybridized carbons (Fsp3) is 0.267. The molecule has 0 bridgehead atoms. The number of aromatic nitrogens is 4. The van der Waals surface area contributed by atoms with Crippen LogP contribution in [0.25, 0.3) is 17.1 Å². The van der Waals surface area contributed by atoms with Crippen molar-refractivity contribution < 1.29 is 18.4 Å². The van der Waals surface area contributed by atoms with Crippen molar-refractivity contribution in [2.75, 3.05) is 63.0 Å². The Morgan fingerprint density at radius 3 is 2.73 bits per heavy atom. The second-order valence-corrected chi connectivity index (χ2v) is 9.68. The standard InChI is InChI=1S/C30H34N8O3/c1-5-28(39)32-23-17-24(26(40-4)18-25(23)37-13-15-41-16-14-37)33-30-31-12-11-27(34-30)38-20-22(19-36(2)3)29(35-38)21-9-7-6-8-10-21/h5-12,17-18,20H,1,13-16,19H2,2-4H3,(H,32,39)(H,31,33,34)/i4D3. The third-order valence-electron chi connectivity index (χ3n) is 6.45. The lowest BCUT2D eigenvalue weighted by Gasteiger charge is -2.31. The van der Waals surface area contributed by atoms with Crippen molar-refractivity contribution in [1.29, 1.82) is 0 Å². The normalized spacial score (nSPS) is 14.6. The predicted molar refractivity (Wildman–Crippen MR) is 160 cm³/mol. The summed E-state index contributed by atoms with van der Waals surface area (Å²) in [5.41, 5.74) is 4.10. The average Bonchev–Trinajstić information content (AvgIpc) is 3.42. The summed E-state index contributed by atoms with van der Waals surface area (Å²) in [7, 11) is 1.25. The van der Waals surface area contributed by atoms with Gasteiger partial charge in [0.05, 0.1) is 47.1 Å². The molecule has 0 unspecified atom stereocenters. The molecule has 41 heavy (non-hydrogen) atoms. The Morgan fingerprint density at radius 1 is 1.20 bits per heavy atom. The quantitative estimate of drug-likeness (QED) is 0.279. The molecule has 11 heteroatoms. The zero-order valence-corrected chi connectivity index (χ0v) is 23.0. The molecule has 2 aromatic carbocycles. The zero-order chi connectivity index (χ0) is 31.3. The second kappa shape index (κ2) is 12.6. The molecule has 0 spiro atoms. The number of carbonyl (C=O) groups excluding carboxylic acids is 1. The van der Waals surface area contributed by atoms with E-state index in [1.165, 1.54) is 0 Å². The van der Waals surface area contributed by atoms with Gasteiger partial charge >= 0.3 is 0 Å². The highest BCUT2D eigenvalue weighted by Gasteiger charge is 2.20. The van der Waals surface area contributed by atoms with Crippen LogP contribution in [0.1, 0.15) is 9.68 Å². The van der Waals surface area contributed by atoms with E-state index < -0.39 is 12.9 Å². The lowest BCUT2D eigenvalue weighted by molar-refractivity contribution is -0.111. The lowest BCUT2D eigenvalue weighted by atomic mass is 10.1. The van der Waals surface area contributed by atoms with Gasteiger partial charge in [0.15, 0.2) is 5.82 Å². The molecule has 212 valence electrons. The average molecular weight is 558 g/mol. The molecule has 2 N–H and O–H groups in total. The monoisotopic (exact) mass is 557 g/mol. The minimum Gasteiger partial charge on any atom is -0.494 e. The molecule has 3 heterocycles. The summed E-state index contributed by atoms with van der Waals surface area (Å²) in [5, 5.41) is 10.7. The third kappa shape index (κ3) is 6.53. The van der Waals surface area contributed by atoms with E-state index in [2.05, 4.69) is 32.1 Å². The van der Waals surface area contributed by atoms with Crippen molar-refractivity contribution in [2.45, 2.75) is 6.54 Å². The van der Waals surface area contributed by atoms with Gasteiger partial charge < -0.3 is 29.9 Å². The van der Waals surface area contributed by atoms with Crippen LogP contribution in [0.2, 0.25) is 0 Å². The van der Waals surface area contributed by atoms with E-state index in [0.717, 1.165) is 22.9 Å². The van der Waals surface area contributed by atoms with Crippen LogP contribution in [-0.4, -0.2) is 78.0 Å². The molecule has 5 rings (SSSR count). The maximum absolute atomic E-state index is 12.3. The summed E-state index contributed by atoms with van der Waals surface area (Å²) in [6.45, 7) is 6.29. The van der Waals surface area contributed by atoms with E-state index in [0.29, 0.717) is 50.0 Å². The van der Waals surface area contributed by atoms with Crippen LogP contribution >= 0.6 is 0 Å². The molecule has 0 atom stereocenters. The fourth-order valence-electron chi connectivity index (χ4n) is 4.58. The van der Waals surface area contributed by atoms with Gasteiger partial charge in [-0.2, -0.15) is 10.1 Å². The van der Waals surface area contributed by atoms with E-state index in [1.807, 2.05) is 55.5 Å². The molecule has 1 amide bonds. The Labute approximate surface area is 243 Å². The largest absolute Gasteiger partial charge is 0.494 e. The Balaban J connectivity index is 1.53. The number of benzene rings is 2. The molecule has 1 aliphatic rings. The van der Waals surface area contributed by atoms with Gasteiger partial charge in [0.2, 0.25) is 11.9 Å². The lowest BCUT2D eigenvalue weighted by Crippen LogP contribution is -2.36. The van der Waals surface area contributed by atoms with Gasteiger partial charge in [-0.1, -0.05) is 36.9 Å². The molecule has 2 aromatic heterocycles. The van der Waals surface area contributed by atoms with Gasteiger partial charge in [0, 0.05) is 55.3 Å². The topological polar surface area (TPSA) is 110 Å². The number of morpholine rings is 1. The molecule has 0 radical (unpaired) electrons. The number of methoxy groups -OCH3 is 1. The smallest absolute Gasteiger partial charge is 0.247 e. The molecule has 1 aliphatic heterocycles. The first-order valence-corrected chi connectivity index (χ1v) is 13.1. The van der Waals surface area contributed by atoms with Gasteiger partial charge in [-0.05, 0) is 26.2 Å². The maximum atomic E-state index is 12.3. The first-order valence-electron chi connectivity index (χ1n) is 14.6. The maximum Gasteiger partial charge on any atom is 0.247 e. The van der Waals surface area contributed by atoms with Crippen molar-refractivity contribution in [3.63, 3.8) is 0 Å². The van der Waals surface area contributed by atoms with Crippen molar-refractivity contribution in [3.8, 4) is 22.8 Å². The summed E-state index contributed by atoms with van der Waals surface area (Å²) in [5.74, 6) is 0.280. The zero-order valence-electron chi connectivity index (χ0n) is 26.0. The van der Waals surface area contributed by atoms with Crippen LogP contribution in [0.3, 0.4) is 0 Å². The molecule has 1 saturated heterocycles. The molecule has 0 saturated carbocycles. The van der Waals surface area contributed by atoms with Crippen LogP contribution in [0.5, 0.6) is 5.75 Å². The van der Waals surface area contributed by atoms with Crippen LogP contribution in [-0.2, 0) is 16.1 Å². The van der Waals surface area contributed by atoms with Gasteiger partial charge in [0.1, 0.15) is 5.75 Å². The summed E-state index contributed by atoms with van der Waals surface area (Å²) in [4.78, 5) is 25.4. The van der Waals surface area contributed by atoms with E-state index in [-0.39, 0.29) is 17.4 Å². The Hall–Kier alpha value is -4.74. The van der Waals surface area contributed by atoms with Crippen LogP contribution < -0.4 is 20.3 Å². The molecule has 4 aromatic rings. The Bertz CT molecular complexity index is 1620. The van der Waals surface area contributed by atoms with E-state index in [9.17, 15) is 4.79 Å². The minimum absolute atomic E-state index is 0.0378. The number of anilines is 4. The summed E-state index contributed by atoms with van der Waals surface area (Å²) in [6, 6.07) is 14.8. The number of ether oxygens (including phenoxy) is 2. The molecule has 1 fully saturated rings.